The zero-order chi connectivity index (χ0) is 15.7. The maximum Gasteiger partial charge on any atom is 0.235 e. The molecular formula is C19H20FNO. The van der Waals surface area contributed by atoms with E-state index in [2.05, 4.69) is 19.2 Å². The van der Waals surface area contributed by atoms with Crippen molar-refractivity contribution in [2.24, 2.45) is 0 Å². The molecule has 0 spiro atoms. The average molecular weight is 297 g/mol. The standard InChI is InChI=1S/C19H20FNO/c1-13(2)16-5-3-4-6-17(16)21-18(22)19(11-12-19)14-7-9-15(20)10-8-14/h3-10,13H,11-12H2,1-2H3,(H,21,22). The van der Waals surface area contributed by atoms with Crippen LogP contribution in [0.2, 0.25) is 0 Å². The van der Waals surface area contributed by atoms with E-state index < -0.39 is 5.41 Å². The molecule has 0 aromatic heterocycles. The second-order valence-electron chi connectivity index (χ2n) is 6.29. The van der Waals surface area contributed by atoms with Gasteiger partial charge in [-0.15, -0.1) is 0 Å². The summed E-state index contributed by atoms with van der Waals surface area (Å²) in [7, 11) is 0. The molecule has 0 bridgehead atoms. The lowest BCUT2D eigenvalue weighted by Crippen LogP contribution is -2.28. The Morgan fingerprint density at radius 1 is 1.09 bits per heavy atom. The molecule has 1 fully saturated rings. The van der Waals surface area contributed by atoms with Crippen molar-refractivity contribution < 1.29 is 9.18 Å². The Kier molecular flexibility index (Phi) is 3.73. The fourth-order valence-electron chi connectivity index (χ4n) is 2.90. The van der Waals surface area contributed by atoms with E-state index in [0.717, 1.165) is 29.7 Å². The van der Waals surface area contributed by atoms with Crippen LogP contribution in [-0.2, 0) is 10.2 Å². The third kappa shape index (κ3) is 2.63. The van der Waals surface area contributed by atoms with Crippen LogP contribution in [0.5, 0.6) is 0 Å². The normalized spacial score (nSPS) is 15.6. The van der Waals surface area contributed by atoms with Gasteiger partial charge in [0.15, 0.2) is 0 Å². The van der Waals surface area contributed by atoms with Crippen LogP contribution in [0.15, 0.2) is 48.5 Å². The second-order valence-corrected chi connectivity index (χ2v) is 6.29. The average Bonchev–Trinajstić information content (AvgIpc) is 3.30. The minimum absolute atomic E-state index is 0.00667. The minimum atomic E-state index is -0.488. The predicted octanol–water partition coefficient (Wildman–Crippen LogP) is 4.62. The van der Waals surface area contributed by atoms with Gasteiger partial charge in [0.1, 0.15) is 5.82 Å². The van der Waals surface area contributed by atoms with Gasteiger partial charge < -0.3 is 5.32 Å². The van der Waals surface area contributed by atoms with E-state index in [9.17, 15) is 9.18 Å². The Balaban J connectivity index is 1.85. The molecule has 2 nitrogen and oxygen atoms in total. The van der Waals surface area contributed by atoms with Gasteiger partial charge in [-0.3, -0.25) is 4.79 Å². The van der Waals surface area contributed by atoms with Crippen LogP contribution in [0.25, 0.3) is 0 Å². The van der Waals surface area contributed by atoms with Crippen molar-refractivity contribution >= 4 is 11.6 Å². The van der Waals surface area contributed by atoms with Gasteiger partial charge >= 0.3 is 0 Å². The van der Waals surface area contributed by atoms with Gasteiger partial charge in [-0.25, -0.2) is 4.39 Å². The molecule has 1 aliphatic rings. The van der Waals surface area contributed by atoms with Crippen LogP contribution in [0.3, 0.4) is 0 Å². The van der Waals surface area contributed by atoms with Gasteiger partial charge in [-0.2, -0.15) is 0 Å². The second kappa shape index (κ2) is 5.56. The summed E-state index contributed by atoms with van der Waals surface area (Å²) in [6.45, 7) is 4.22. The molecule has 1 amide bonds. The number of carbonyl (C=O) groups excluding carboxylic acids is 1. The number of amides is 1. The van der Waals surface area contributed by atoms with E-state index in [1.165, 1.54) is 12.1 Å². The maximum absolute atomic E-state index is 13.1. The van der Waals surface area contributed by atoms with Crippen molar-refractivity contribution in [2.75, 3.05) is 5.32 Å². The molecule has 3 rings (SSSR count). The first-order valence-electron chi connectivity index (χ1n) is 7.69. The summed E-state index contributed by atoms with van der Waals surface area (Å²) in [5.74, 6) is 0.0785. The largest absolute Gasteiger partial charge is 0.325 e. The third-order valence-electron chi connectivity index (χ3n) is 4.41. The van der Waals surface area contributed by atoms with E-state index in [1.54, 1.807) is 12.1 Å². The van der Waals surface area contributed by atoms with Crippen LogP contribution < -0.4 is 5.32 Å². The number of benzene rings is 2. The molecule has 3 heteroatoms. The van der Waals surface area contributed by atoms with Crippen molar-refractivity contribution in [1.82, 2.24) is 0 Å². The number of halogens is 1. The van der Waals surface area contributed by atoms with Crippen molar-refractivity contribution in [1.29, 1.82) is 0 Å². The lowest BCUT2D eigenvalue weighted by molar-refractivity contribution is -0.118. The monoisotopic (exact) mass is 297 g/mol. The maximum atomic E-state index is 13.1. The molecule has 0 saturated heterocycles. The highest BCUT2D eigenvalue weighted by Crippen LogP contribution is 2.49. The highest BCUT2D eigenvalue weighted by atomic mass is 19.1. The summed E-state index contributed by atoms with van der Waals surface area (Å²) in [4.78, 5) is 12.8. The highest BCUT2D eigenvalue weighted by Gasteiger charge is 2.51. The fraction of sp³-hybridized carbons (Fsp3) is 0.316. The molecule has 2 aromatic carbocycles. The summed E-state index contributed by atoms with van der Waals surface area (Å²) in [5.41, 5.74) is 2.41. The molecule has 1 N–H and O–H groups in total. The number of para-hydroxylation sites is 1. The van der Waals surface area contributed by atoms with Crippen molar-refractivity contribution in [3.05, 3.63) is 65.5 Å². The Labute approximate surface area is 130 Å². The van der Waals surface area contributed by atoms with Crippen LogP contribution >= 0.6 is 0 Å². The summed E-state index contributed by atoms with van der Waals surface area (Å²) in [6.07, 6.45) is 1.63. The van der Waals surface area contributed by atoms with Crippen LogP contribution in [0.1, 0.15) is 43.7 Å². The molecular weight excluding hydrogens is 277 g/mol. The van der Waals surface area contributed by atoms with E-state index in [-0.39, 0.29) is 11.7 Å². The number of nitrogens with one attached hydrogen (secondary N) is 1. The van der Waals surface area contributed by atoms with Gasteiger partial charge in [0.25, 0.3) is 0 Å². The van der Waals surface area contributed by atoms with Gasteiger partial charge in [0.2, 0.25) is 5.91 Å². The van der Waals surface area contributed by atoms with Gasteiger partial charge in [0, 0.05) is 5.69 Å². The first-order chi connectivity index (χ1) is 10.5. The number of carbonyl (C=O) groups is 1. The number of rotatable bonds is 4. The quantitative estimate of drug-likeness (QED) is 0.876. The zero-order valence-electron chi connectivity index (χ0n) is 12.9. The highest BCUT2D eigenvalue weighted by molar-refractivity contribution is 6.01. The Morgan fingerprint density at radius 2 is 1.73 bits per heavy atom. The fourth-order valence-corrected chi connectivity index (χ4v) is 2.90. The third-order valence-corrected chi connectivity index (χ3v) is 4.41. The van der Waals surface area contributed by atoms with Gasteiger partial charge in [-0.05, 0) is 48.1 Å². The molecule has 0 atom stereocenters. The van der Waals surface area contributed by atoms with Crippen molar-refractivity contribution in [2.45, 2.75) is 38.0 Å². The van der Waals surface area contributed by atoms with Crippen molar-refractivity contribution in [3.8, 4) is 0 Å². The first kappa shape index (κ1) is 14.8. The van der Waals surface area contributed by atoms with E-state index in [4.69, 9.17) is 0 Å². The SMILES string of the molecule is CC(C)c1ccccc1NC(=O)C1(c2ccc(F)cc2)CC1. The molecule has 2 aromatic rings. The molecule has 22 heavy (non-hydrogen) atoms. The van der Waals surface area contributed by atoms with E-state index in [1.807, 2.05) is 24.3 Å². The first-order valence-corrected chi connectivity index (χ1v) is 7.69. The summed E-state index contributed by atoms with van der Waals surface area (Å²) < 4.78 is 13.1. The van der Waals surface area contributed by atoms with Crippen LogP contribution in [0, 0.1) is 5.82 Å². The molecule has 1 saturated carbocycles. The Bertz CT molecular complexity index is 687. The smallest absolute Gasteiger partial charge is 0.235 e. The Hall–Kier alpha value is -2.16. The molecule has 0 aliphatic heterocycles. The van der Waals surface area contributed by atoms with Crippen LogP contribution in [-0.4, -0.2) is 5.91 Å². The summed E-state index contributed by atoms with van der Waals surface area (Å²) in [5, 5.41) is 3.08. The molecule has 1 aliphatic carbocycles. The van der Waals surface area contributed by atoms with E-state index >= 15 is 0 Å². The van der Waals surface area contributed by atoms with Gasteiger partial charge in [-0.1, -0.05) is 44.2 Å². The minimum Gasteiger partial charge on any atom is -0.325 e. The summed E-state index contributed by atoms with van der Waals surface area (Å²) in [6, 6.07) is 14.2. The molecule has 0 unspecified atom stereocenters. The molecule has 0 radical (unpaired) electrons. The Morgan fingerprint density at radius 3 is 2.32 bits per heavy atom. The van der Waals surface area contributed by atoms with E-state index in [0.29, 0.717) is 5.92 Å². The summed E-state index contributed by atoms with van der Waals surface area (Å²) >= 11 is 0. The lowest BCUT2D eigenvalue weighted by Gasteiger charge is -2.19. The lowest BCUT2D eigenvalue weighted by atomic mass is 9.94. The van der Waals surface area contributed by atoms with Gasteiger partial charge in [0.05, 0.1) is 5.41 Å². The topological polar surface area (TPSA) is 29.1 Å². The number of hydrogen-bond donors (Lipinski definition) is 1. The number of hydrogen-bond acceptors (Lipinski definition) is 1. The van der Waals surface area contributed by atoms with Crippen molar-refractivity contribution in [3.63, 3.8) is 0 Å². The van der Waals surface area contributed by atoms with Crippen LogP contribution in [0.4, 0.5) is 10.1 Å². The zero-order valence-corrected chi connectivity index (χ0v) is 12.9. The molecule has 0 heterocycles. The number of anilines is 1. The predicted molar refractivity (Wildman–Crippen MR) is 86.5 cm³/mol. The molecule has 114 valence electrons.